The molecule has 2 aliphatic rings. The van der Waals surface area contributed by atoms with Gasteiger partial charge in [0, 0.05) is 36.2 Å². The van der Waals surface area contributed by atoms with Gasteiger partial charge in [-0.05, 0) is 31.4 Å². The molecule has 0 bridgehead atoms. The van der Waals surface area contributed by atoms with Crippen LogP contribution in [0.3, 0.4) is 0 Å². The van der Waals surface area contributed by atoms with Crippen LogP contribution in [0.2, 0.25) is 0 Å². The van der Waals surface area contributed by atoms with Crippen molar-refractivity contribution in [3.05, 3.63) is 23.4 Å². The van der Waals surface area contributed by atoms with Crippen molar-refractivity contribution >= 4 is 10.9 Å². The Bertz CT molecular complexity index is 698. The Morgan fingerprint density at radius 3 is 2.45 bits per heavy atom. The van der Waals surface area contributed by atoms with E-state index in [1.54, 1.807) is 0 Å². The van der Waals surface area contributed by atoms with Crippen molar-refractivity contribution in [3.63, 3.8) is 0 Å². The Morgan fingerprint density at radius 1 is 1.20 bits per heavy atom. The molecule has 1 fully saturated rings. The Morgan fingerprint density at radius 2 is 1.85 bits per heavy atom. The summed E-state index contributed by atoms with van der Waals surface area (Å²) >= 11 is 0. The summed E-state index contributed by atoms with van der Waals surface area (Å²) in [6, 6.07) is 4.24. The zero-order valence-corrected chi connectivity index (χ0v) is 12.0. The third-order valence-corrected chi connectivity index (χ3v) is 4.93. The van der Waals surface area contributed by atoms with Gasteiger partial charge in [0.2, 0.25) is 0 Å². The van der Waals surface area contributed by atoms with Gasteiger partial charge in [-0.15, -0.1) is 0 Å². The number of aryl methyl sites for hydroxylation is 1. The van der Waals surface area contributed by atoms with Crippen LogP contribution in [0.5, 0.6) is 11.5 Å². The number of rotatable bonds is 2. The van der Waals surface area contributed by atoms with Crippen molar-refractivity contribution in [2.75, 3.05) is 19.8 Å². The van der Waals surface area contributed by atoms with Crippen LogP contribution in [0.1, 0.15) is 24.1 Å². The molecule has 1 aliphatic heterocycles. The van der Waals surface area contributed by atoms with Gasteiger partial charge in [0.15, 0.2) is 11.5 Å². The minimum atomic E-state index is 0.188. The quantitative estimate of drug-likeness (QED) is 0.912. The van der Waals surface area contributed by atoms with Gasteiger partial charge < -0.3 is 19.8 Å². The maximum atomic E-state index is 6.04. The fourth-order valence-corrected chi connectivity index (χ4v) is 3.48. The van der Waals surface area contributed by atoms with Crippen LogP contribution < -0.4 is 15.2 Å². The molecular weight excluding hydrogens is 252 g/mol. The molecule has 2 heterocycles. The Kier molecular flexibility index (Phi) is 2.37. The predicted molar refractivity (Wildman–Crippen MR) is 78.6 cm³/mol. The highest BCUT2D eigenvalue weighted by Crippen LogP contribution is 2.52. The first kappa shape index (κ1) is 12.1. The molecule has 1 saturated carbocycles. The molecular formula is C16H20N2O2. The fraction of sp³-hybridized carbons (Fsp3) is 0.500. The largest absolute Gasteiger partial charge is 0.486 e. The molecule has 4 heteroatoms. The van der Waals surface area contributed by atoms with Gasteiger partial charge in [0.25, 0.3) is 0 Å². The van der Waals surface area contributed by atoms with Crippen LogP contribution in [-0.4, -0.2) is 24.3 Å². The van der Waals surface area contributed by atoms with Crippen LogP contribution in [0.4, 0.5) is 0 Å². The first-order chi connectivity index (χ1) is 9.66. The summed E-state index contributed by atoms with van der Waals surface area (Å²) in [4.78, 5) is 0. The van der Waals surface area contributed by atoms with E-state index >= 15 is 0 Å². The molecule has 0 radical (unpaired) electrons. The van der Waals surface area contributed by atoms with Crippen LogP contribution in [-0.2, 0) is 12.5 Å². The summed E-state index contributed by atoms with van der Waals surface area (Å²) in [5.41, 5.74) is 10.2. The van der Waals surface area contributed by atoms with E-state index in [0.29, 0.717) is 13.2 Å². The summed E-state index contributed by atoms with van der Waals surface area (Å²) in [5.74, 6) is 1.72. The second-order valence-electron chi connectivity index (χ2n) is 6.02. The van der Waals surface area contributed by atoms with Gasteiger partial charge in [0.05, 0.1) is 5.52 Å². The van der Waals surface area contributed by atoms with Crippen molar-refractivity contribution in [1.82, 2.24) is 4.57 Å². The molecule has 2 aromatic rings. The highest BCUT2D eigenvalue weighted by atomic mass is 16.6. The Balaban J connectivity index is 2.02. The molecule has 0 spiro atoms. The molecule has 106 valence electrons. The zero-order valence-electron chi connectivity index (χ0n) is 12.0. The van der Waals surface area contributed by atoms with Gasteiger partial charge >= 0.3 is 0 Å². The van der Waals surface area contributed by atoms with E-state index in [4.69, 9.17) is 15.2 Å². The van der Waals surface area contributed by atoms with Crippen molar-refractivity contribution in [2.24, 2.45) is 12.8 Å². The molecule has 1 aromatic carbocycles. The Hall–Kier alpha value is -1.68. The molecule has 0 atom stereocenters. The minimum absolute atomic E-state index is 0.188. The number of ether oxygens (including phenoxy) is 2. The highest BCUT2D eigenvalue weighted by molar-refractivity contribution is 5.90. The molecule has 0 amide bonds. The van der Waals surface area contributed by atoms with Crippen molar-refractivity contribution in [3.8, 4) is 11.5 Å². The third kappa shape index (κ3) is 1.45. The predicted octanol–water partition coefficient (Wildman–Crippen LogP) is 2.25. The minimum Gasteiger partial charge on any atom is -0.486 e. The Labute approximate surface area is 118 Å². The number of fused-ring (bicyclic) bond motifs is 2. The smallest absolute Gasteiger partial charge is 0.163 e. The lowest BCUT2D eigenvalue weighted by atomic mass is 9.93. The van der Waals surface area contributed by atoms with Crippen LogP contribution in [0, 0.1) is 6.92 Å². The number of nitrogens with zero attached hydrogens (tertiary/aromatic N) is 1. The monoisotopic (exact) mass is 272 g/mol. The normalized spacial score (nSPS) is 19.4. The number of hydrogen-bond donors (Lipinski definition) is 1. The van der Waals surface area contributed by atoms with E-state index in [1.165, 1.54) is 35.0 Å². The fourth-order valence-electron chi connectivity index (χ4n) is 3.48. The standard InChI is InChI=1S/C16H20N2O2/c1-10-15(16(9-17)3-4-16)11-7-13-14(20-6-5-19-13)8-12(11)18(10)2/h7-8H,3-6,9,17H2,1-2H3. The van der Waals surface area contributed by atoms with E-state index in [0.717, 1.165) is 18.0 Å². The summed E-state index contributed by atoms with van der Waals surface area (Å²) in [6.45, 7) is 4.16. The lowest BCUT2D eigenvalue weighted by Gasteiger charge is -2.19. The summed E-state index contributed by atoms with van der Waals surface area (Å²) in [5, 5.41) is 1.28. The van der Waals surface area contributed by atoms with Crippen LogP contribution in [0.25, 0.3) is 10.9 Å². The number of benzene rings is 1. The molecule has 0 unspecified atom stereocenters. The van der Waals surface area contributed by atoms with Crippen LogP contribution >= 0.6 is 0 Å². The zero-order chi connectivity index (χ0) is 13.9. The van der Waals surface area contributed by atoms with Crippen molar-refractivity contribution in [1.29, 1.82) is 0 Å². The van der Waals surface area contributed by atoms with E-state index in [2.05, 4.69) is 30.7 Å². The first-order valence-corrected chi connectivity index (χ1v) is 7.25. The van der Waals surface area contributed by atoms with E-state index in [-0.39, 0.29) is 5.41 Å². The molecule has 1 aliphatic carbocycles. The van der Waals surface area contributed by atoms with E-state index in [1.807, 2.05) is 0 Å². The summed E-state index contributed by atoms with van der Waals surface area (Å²) in [6.07, 6.45) is 2.38. The molecule has 0 saturated heterocycles. The van der Waals surface area contributed by atoms with Crippen molar-refractivity contribution in [2.45, 2.75) is 25.2 Å². The average Bonchev–Trinajstić information content (AvgIpc) is 3.22. The SMILES string of the molecule is Cc1c(C2(CN)CC2)c2cc3c(cc2n1C)OCCO3. The second kappa shape index (κ2) is 3.92. The average molecular weight is 272 g/mol. The lowest BCUT2D eigenvalue weighted by molar-refractivity contribution is 0.172. The van der Waals surface area contributed by atoms with Gasteiger partial charge in [-0.1, -0.05) is 0 Å². The molecule has 1 aromatic heterocycles. The highest BCUT2D eigenvalue weighted by Gasteiger charge is 2.46. The van der Waals surface area contributed by atoms with Crippen molar-refractivity contribution < 1.29 is 9.47 Å². The topological polar surface area (TPSA) is 49.4 Å². The number of nitrogens with two attached hydrogens (primary N) is 1. The number of aromatic nitrogens is 1. The molecule has 4 nitrogen and oxygen atoms in total. The van der Waals surface area contributed by atoms with E-state index < -0.39 is 0 Å². The molecule has 4 rings (SSSR count). The maximum Gasteiger partial charge on any atom is 0.163 e. The lowest BCUT2D eigenvalue weighted by Crippen LogP contribution is -2.20. The summed E-state index contributed by atoms with van der Waals surface area (Å²) < 4.78 is 13.7. The van der Waals surface area contributed by atoms with Crippen LogP contribution in [0.15, 0.2) is 12.1 Å². The molecule has 2 N–H and O–H groups in total. The third-order valence-electron chi connectivity index (χ3n) is 4.93. The van der Waals surface area contributed by atoms with E-state index in [9.17, 15) is 0 Å². The summed E-state index contributed by atoms with van der Waals surface area (Å²) in [7, 11) is 2.11. The number of hydrogen-bond acceptors (Lipinski definition) is 3. The maximum absolute atomic E-state index is 6.04. The molecule has 20 heavy (non-hydrogen) atoms. The van der Waals surface area contributed by atoms with Gasteiger partial charge in [-0.2, -0.15) is 0 Å². The van der Waals surface area contributed by atoms with Gasteiger partial charge in [-0.25, -0.2) is 0 Å². The second-order valence-corrected chi connectivity index (χ2v) is 6.02. The first-order valence-electron chi connectivity index (χ1n) is 7.25. The van der Waals surface area contributed by atoms with Gasteiger partial charge in [-0.3, -0.25) is 0 Å². The van der Waals surface area contributed by atoms with Gasteiger partial charge in [0.1, 0.15) is 13.2 Å².